The molecule has 0 saturated carbocycles. The van der Waals surface area contributed by atoms with Gasteiger partial charge in [0.15, 0.2) is 18.1 Å². The van der Waals surface area contributed by atoms with E-state index in [-0.39, 0.29) is 31.7 Å². The van der Waals surface area contributed by atoms with Gasteiger partial charge in [-0.2, -0.15) is 5.10 Å². The van der Waals surface area contributed by atoms with Crippen molar-refractivity contribution in [3.63, 3.8) is 0 Å². The number of ether oxygens (including phenoxy) is 3. The maximum atomic E-state index is 13.6. The van der Waals surface area contributed by atoms with Crippen LogP contribution in [0.5, 0.6) is 11.5 Å². The number of amides is 2. The first-order chi connectivity index (χ1) is 15.8. The van der Waals surface area contributed by atoms with Crippen LogP contribution in [0.15, 0.2) is 41.5 Å². The highest BCUT2D eigenvalue weighted by Gasteiger charge is 2.14. The van der Waals surface area contributed by atoms with E-state index in [2.05, 4.69) is 15.8 Å². The summed E-state index contributed by atoms with van der Waals surface area (Å²) in [5.41, 5.74) is 2.88. The molecule has 2 aromatic rings. The number of hydrogen-bond acceptors (Lipinski definition) is 7. The molecule has 0 aliphatic carbocycles. The van der Waals surface area contributed by atoms with Gasteiger partial charge >= 0.3 is 5.97 Å². The van der Waals surface area contributed by atoms with Gasteiger partial charge in [-0.3, -0.25) is 9.59 Å². The third kappa shape index (κ3) is 8.33. The Hall–Kier alpha value is -3.22. The number of benzene rings is 2. The fraction of sp³-hybridized carbons (Fsp3) is 0.273. The minimum atomic E-state index is -0.633. The molecule has 0 radical (unpaired) electrons. The normalized spacial score (nSPS) is 10.5. The van der Waals surface area contributed by atoms with Crippen LogP contribution in [0.4, 0.5) is 4.39 Å². The average molecular weight is 571 g/mol. The van der Waals surface area contributed by atoms with E-state index < -0.39 is 23.6 Å². The van der Waals surface area contributed by atoms with Crippen molar-refractivity contribution in [3.05, 3.63) is 56.9 Å². The summed E-state index contributed by atoms with van der Waals surface area (Å²) in [4.78, 5) is 35.4. The molecule has 0 fully saturated rings. The van der Waals surface area contributed by atoms with Crippen LogP contribution in [-0.2, 0) is 14.3 Å². The standard InChI is InChI=1S/C22H23FIN3O6/c1-3-32-20(29)13-33-21-17(24)10-14(11-18(21)31-2)12-26-27-19(28)8-9-25-22(30)15-6-4-5-7-16(15)23/h4-7,10-12H,3,8-9,13H2,1-2H3,(H,25,30)(H,27,28). The maximum absolute atomic E-state index is 13.6. The summed E-state index contributed by atoms with van der Waals surface area (Å²) in [7, 11) is 1.46. The van der Waals surface area contributed by atoms with Gasteiger partial charge in [0.05, 0.1) is 29.1 Å². The van der Waals surface area contributed by atoms with Crippen molar-refractivity contribution < 1.29 is 33.0 Å². The molecule has 0 spiro atoms. The second kappa shape index (κ2) is 13.4. The lowest BCUT2D eigenvalue weighted by Crippen LogP contribution is -2.29. The van der Waals surface area contributed by atoms with Gasteiger partial charge in [-0.25, -0.2) is 14.6 Å². The van der Waals surface area contributed by atoms with E-state index in [1.165, 1.54) is 31.5 Å². The lowest BCUT2D eigenvalue weighted by atomic mass is 10.2. The number of methoxy groups -OCH3 is 1. The topological polar surface area (TPSA) is 115 Å². The van der Waals surface area contributed by atoms with Gasteiger partial charge in [0.1, 0.15) is 5.82 Å². The smallest absolute Gasteiger partial charge is 0.344 e. The summed E-state index contributed by atoms with van der Waals surface area (Å²) in [5, 5.41) is 6.36. The van der Waals surface area contributed by atoms with Crippen LogP contribution in [0.1, 0.15) is 29.3 Å². The molecule has 0 unspecified atom stereocenters. The number of nitrogens with zero attached hydrogens (tertiary/aromatic N) is 1. The molecule has 0 aliphatic rings. The van der Waals surface area contributed by atoms with Crippen molar-refractivity contribution in [1.29, 1.82) is 0 Å². The molecule has 2 aromatic carbocycles. The lowest BCUT2D eigenvalue weighted by Gasteiger charge is -2.13. The van der Waals surface area contributed by atoms with Crippen LogP contribution in [0, 0.1) is 9.39 Å². The Labute approximate surface area is 203 Å². The zero-order valence-electron chi connectivity index (χ0n) is 18.0. The summed E-state index contributed by atoms with van der Waals surface area (Å²) in [5.74, 6) is -1.39. The van der Waals surface area contributed by atoms with Crippen LogP contribution in [0.2, 0.25) is 0 Å². The molecule has 0 aliphatic heterocycles. The van der Waals surface area contributed by atoms with Crippen molar-refractivity contribution in [3.8, 4) is 11.5 Å². The predicted octanol–water partition coefficient (Wildman–Crippen LogP) is 2.65. The van der Waals surface area contributed by atoms with Crippen molar-refractivity contribution in [2.45, 2.75) is 13.3 Å². The first-order valence-electron chi connectivity index (χ1n) is 9.86. The summed E-state index contributed by atoms with van der Waals surface area (Å²) in [6.07, 6.45) is 1.37. The molecule has 33 heavy (non-hydrogen) atoms. The quantitative estimate of drug-likeness (QED) is 0.186. The van der Waals surface area contributed by atoms with Crippen molar-refractivity contribution >= 4 is 46.6 Å². The number of hydrazone groups is 1. The fourth-order valence-electron chi connectivity index (χ4n) is 2.55. The van der Waals surface area contributed by atoms with Crippen molar-refractivity contribution in [1.82, 2.24) is 10.7 Å². The van der Waals surface area contributed by atoms with E-state index in [0.29, 0.717) is 20.6 Å². The van der Waals surface area contributed by atoms with Crippen LogP contribution in [0.3, 0.4) is 0 Å². The van der Waals surface area contributed by atoms with Gasteiger partial charge < -0.3 is 19.5 Å². The lowest BCUT2D eigenvalue weighted by molar-refractivity contribution is -0.145. The third-order valence-corrected chi connectivity index (χ3v) is 4.85. The Morgan fingerprint density at radius 2 is 1.97 bits per heavy atom. The first-order valence-corrected chi connectivity index (χ1v) is 10.9. The summed E-state index contributed by atoms with van der Waals surface area (Å²) >= 11 is 2.03. The summed E-state index contributed by atoms with van der Waals surface area (Å²) in [6.45, 7) is 1.73. The fourth-order valence-corrected chi connectivity index (χ4v) is 3.33. The number of hydrogen-bond donors (Lipinski definition) is 2. The number of halogens is 2. The van der Waals surface area contributed by atoms with Crippen molar-refractivity contribution in [2.75, 3.05) is 26.9 Å². The van der Waals surface area contributed by atoms with E-state index in [9.17, 15) is 18.8 Å². The SMILES string of the molecule is CCOC(=O)COc1c(I)cc(C=NNC(=O)CCNC(=O)c2ccccc2F)cc1OC. The largest absolute Gasteiger partial charge is 0.493 e. The molecular weight excluding hydrogens is 548 g/mol. The number of rotatable bonds is 11. The minimum absolute atomic E-state index is 0.0206. The van der Waals surface area contributed by atoms with Gasteiger partial charge in [0.2, 0.25) is 5.91 Å². The predicted molar refractivity (Wildman–Crippen MR) is 127 cm³/mol. The molecule has 9 nitrogen and oxygen atoms in total. The van der Waals surface area contributed by atoms with E-state index in [1.54, 1.807) is 25.1 Å². The highest BCUT2D eigenvalue weighted by atomic mass is 127. The monoisotopic (exact) mass is 571 g/mol. The zero-order chi connectivity index (χ0) is 24.2. The van der Waals surface area contributed by atoms with E-state index >= 15 is 0 Å². The van der Waals surface area contributed by atoms with E-state index in [1.807, 2.05) is 22.6 Å². The van der Waals surface area contributed by atoms with Crippen LogP contribution in [-0.4, -0.2) is 50.9 Å². The number of esters is 1. The summed E-state index contributed by atoms with van der Waals surface area (Å²) in [6, 6.07) is 8.94. The molecule has 2 amide bonds. The Morgan fingerprint density at radius 1 is 1.21 bits per heavy atom. The first kappa shape index (κ1) is 26.0. The minimum Gasteiger partial charge on any atom is -0.493 e. The maximum Gasteiger partial charge on any atom is 0.344 e. The molecule has 2 N–H and O–H groups in total. The Balaban J connectivity index is 1.86. The molecule has 2 rings (SSSR count). The second-order valence-electron chi connectivity index (χ2n) is 6.41. The molecule has 0 saturated heterocycles. The van der Waals surface area contributed by atoms with Gasteiger partial charge in [-0.05, 0) is 59.3 Å². The van der Waals surface area contributed by atoms with Gasteiger partial charge in [-0.15, -0.1) is 0 Å². The van der Waals surface area contributed by atoms with E-state index in [4.69, 9.17) is 14.2 Å². The number of nitrogens with one attached hydrogen (secondary N) is 2. The molecule has 11 heteroatoms. The third-order valence-electron chi connectivity index (χ3n) is 4.05. The Kier molecular flexibility index (Phi) is 10.5. The second-order valence-corrected chi connectivity index (χ2v) is 7.57. The van der Waals surface area contributed by atoms with Gasteiger partial charge in [-0.1, -0.05) is 12.1 Å². The van der Waals surface area contributed by atoms with Gasteiger partial charge in [0, 0.05) is 13.0 Å². The van der Waals surface area contributed by atoms with Gasteiger partial charge in [0.25, 0.3) is 5.91 Å². The molecule has 0 heterocycles. The highest BCUT2D eigenvalue weighted by molar-refractivity contribution is 14.1. The molecular formula is C22H23FIN3O6. The molecule has 0 bridgehead atoms. The average Bonchev–Trinajstić information content (AvgIpc) is 2.78. The molecule has 0 aromatic heterocycles. The highest BCUT2D eigenvalue weighted by Crippen LogP contribution is 2.33. The van der Waals surface area contributed by atoms with Crippen LogP contribution in [0.25, 0.3) is 0 Å². The molecule has 176 valence electrons. The van der Waals surface area contributed by atoms with Crippen LogP contribution >= 0.6 is 22.6 Å². The van der Waals surface area contributed by atoms with Crippen LogP contribution < -0.4 is 20.2 Å². The van der Waals surface area contributed by atoms with E-state index in [0.717, 1.165) is 0 Å². The number of carbonyl (C=O) groups excluding carboxylic acids is 3. The number of carbonyl (C=O) groups is 3. The zero-order valence-corrected chi connectivity index (χ0v) is 20.2. The molecule has 0 atom stereocenters. The Morgan fingerprint density at radius 3 is 2.67 bits per heavy atom. The van der Waals surface area contributed by atoms with Crippen molar-refractivity contribution in [2.24, 2.45) is 5.10 Å². The Bertz CT molecular complexity index is 1030. The summed E-state index contributed by atoms with van der Waals surface area (Å²) < 4.78 is 29.9.